The minimum atomic E-state index is -1.12. The highest BCUT2D eigenvalue weighted by atomic mass is 16.6. The molecule has 3 rings (SSSR count). The molecule has 0 radical (unpaired) electrons. The van der Waals surface area contributed by atoms with Gasteiger partial charge in [0.05, 0.1) is 17.3 Å². The molecule has 0 saturated heterocycles. The first-order valence-corrected chi connectivity index (χ1v) is 10.0. The van der Waals surface area contributed by atoms with Gasteiger partial charge in [-0.1, -0.05) is 18.2 Å². The Morgan fingerprint density at radius 1 is 1.16 bits per heavy atom. The number of fused-ring (bicyclic) bond motifs is 1. The van der Waals surface area contributed by atoms with Crippen molar-refractivity contribution in [1.82, 2.24) is 9.38 Å². The van der Waals surface area contributed by atoms with Gasteiger partial charge in [-0.15, -0.1) is 0 Å². The molecule has 0 aliphatic carbocycles. The van der Waals surface area contributed by atoms with Gasteiger partial charge in [-0.05, 0) is 39.0 Å². The molecule has 3 aromatic rings. The zero-order valence-corrected chi connectivity index (χ0v) is 18.1. The number of pyridine rings is 1. The minimum Gasteiger partial charge on any atom is -0.478 e. The quantitative estimate of drug-likeness (QED) is 0.476. The number of aromatic carboxylic acids is 1. The SMILES string of the molecule is CC(C)(C)OC(=O)C(N)CC(=O)C(N)c1cccn2cc(-c3cccc(C(=O)O)c3)nc12. The lowest BCUT2D eigenvalue weighted by Crippen LogP contribution is -2.40. The molecule has 5 N–H and O–H groups in total. The zero-order chi connectivity index (χ0) is 23.6. The van der Waals surface area contributed by atoms with Gasteiger partial charge in [0.15, 0.2) is 5.78 Å². The summed E-state index contributed by atoms with van der Waals surface area (Å²) in [6.07, 6.45) is 3.20. The molecule has 0 aliphatic rings. The van der Waals surface area contributed by atoms with Crippen molar-refractivity contribution in [3.8, 4) is 11.3 Å². The lowest BCUT2D eigenvalue weighted by molar-refractivity contribution is -0.157. The summed E-state index contributed by atoms with van der Waals surface area (Å²) in [5.74, 6) is -2.13. The number of rotatable bonds is 7. The van der Waals surface area contributed by atoms with Crippen LogP contribution < -0.4 is 11.5 Å². The number of ketones is 1. The maximum Gasteiger partial charge on any atom is 0.335 e. The van der Waals surface area contributed by atoms with Crippen LogP contribution >= 0.6 is 0 Å². The first kappa shape index (κ1) is 23.1. The Hall–Kier alpha value is -3.56. The second kappa shape index (κ2) is 8.89. The number of benzene rings is 1. The van der Waals surface area contributed by atoms with E-state index >= 15 is 0 Å². The maximum atomic E-state index is 12.7. The van der Waals surface area contributed by atoms with Crippen LogP contribution in [0.1, 0.15) is 49.2 Å². The molecule has 0 bridgehead atoms. The first-order chi connectivity index (χ1) is 15.0. The highest BCUT2D eigenvalue weighted by Crippen LogP contribution is 2.25. The normalized spacial score (nSPS) is 13.5. The third-order valence-corrected chi connectivity index (χ3v) is 4.73. The van der Waals surface area contributed by atoms with Crippen molar-refractivity contribution in [2.24, 2.45) is 11.5 Å². The zero-order valence-electron chi connectivity index (χ0n) is 18.1. The van der Waals surface area contributed by atoms with E-state index in [0.717, 1.165) is 0 Å². The molecule has 0 aliphatic heterocycles. The largest absolute Gasteiger partial charge is 0.478 e. The van der Waals surface area contributed by atoms with E-state index in [1.807, 2.05) is 0 Å². The molecule has 2 atom stereocenters. The Morgan fingerprint density at radius 2 is 1.88 bits per heavy atom. The lowest BCUT2D eigenvalue weighted by atomic mass is 9.99. The van der Waals surface area contributed by atoms with Crippen molar-refractivity contribution in [3.05, 3.63) is 59.9 Å². The molecule has 0 spiro atoms. The number of carbonyl (C=O) groups excluding carboxylic acids is 2. The summed E-state index contributed by atoms with van der Waals surface area (Å²) in [7, 11) is 0. The van der Waals surface area contributed by atoms with Crippen molar-refractivity contribution < 1.29 is 24.2 Å². The summed E-state index contributed by atoms with van der Waals surface area (Å²) in [6, 6.07) is 7.64. The predicted molar refractivity (Wildman–Crippen MR) is 118 cm³/mol. The topological polar surface area (TPSA) is 150 Å². The van der Waals surface area contributed by atoms with Crippen LogP contribution in [0.5, 0.6) is 0 Å². The fourth-order valence-electron chi connectivity index (χ4n) is 3.21. The van der Waals surface area contributed by atoms with Crippen molar-refractivity contribution in [3.63, 3.8) is 0 Å². The van der Waals surface area contributed by atoms with E-state index in [1.54, 1.807) is 61.8 Å². The Balaban J connectivity index is 1.86. The number of carboxylic acids is 1. The fourth-order valence-corrected chi connectivity index (χ4v) is 3.21. The number of esters is 1. The molecule has 9 nitrogen and oxygen atoms in total. The number of hydrogen-bond donors (Lipinski definition) is 3. The van der Waals surface area contributed by atoms with Crippen LogP contribution in [-0.4, -0.2) is 43.9 Å². The lowest BCUT2D eigenvalue weighted by Gasteiger charge is -2.22. The highest BCUT2D eigenvalue weighted by Gasteiger charge is 2.28. The Morgan fingerprint density at radius 3 is 2.53 bits per heavy atom. The first-order valence-electron chi connectivity index (χ1n) is 10.0. The number of carboxylic acid groups (broad SMARTS) is 1. The number of hydrogen-bond acceptors (Lipinski definition) is 7. The second-order valence-electron chi connectivity index (χ2n) is 8.49. The number of nitrogens with two attached hydrogens (primary N) is 2. The third-order valence-electron chi connectivity index (χ3n) is 4.73. The highest BCUT2D eigenvalue weighted by molar-refractivity contribution is 5.92. The minimum absolute atomic E-state index is 0.141. The number of ether oxygens (including phenoxy) is 1. The van der Waals surface area contributed by atoms with Gasteiger partial charge in [0.1, 0.15) is 17.3 Å². The van der Waals surface area contributed by atoms with E-state index in [0.29, 0.717) is 22.5 Å². The van der Waals surface area contributed by atoms with Gasteiger partial charge in [0.2, 0.25) is 0 Å². The van der Waals surface area contributed by atoms with Gasteiger partial charge in [-0.2, -0.15) is 0 Å². The maximum absolute atomic E-state index is 12.7. The Bertz CT molecular complexity index is 1180. The van der Waals surface area contributed by atoms with Gasteiger partial charge >= 0.3 is 11.9 Å². The van der Waals surface area contributed by atoms with Crippen molar-refractivity contribution in [2.45, 2.75) is 44.9 Å². The number of Topliss-reactive ketones (excluding diaryl/α,β-unsaturated/α-hetero) is 1. The van der Waals surface area contributed by atoms with Gasteiger partial charge in [-0.3, -0.25) is 9.59 Å². The van der Waals surface area contributed by atoms with E-state index in [9.17, 15) is 19.5 Å². The Labute approximate surface area is 185 Å². The van der Waals surface area contributed by atoms with Crippen LogP contribution in [0.25, 0.3) is 16.9 Å². The van der Waals surface area contributed by atoms with E-state index < -0.39 is 35.4 Å². The molecule has 9 heteroatoms. The average molecular weight is 438 g/mol. The molecule has 2 aromatic heterocycles. The molecule has 2 heterocycles. The van der Waals surface area contributed by atoms with Crippen molar-refractivity contribution >= 4 is 23.4 Å². The molecular weight excluding hydrogens is 412 g/mol. The van der Waals surface area contributed by atoms with E-state index in [-0.39, 0.29) is 12.0 Å². The molecule has 0 fully saturated rings. The van der Waals surface area contributed by atoms with Crippen LogP contribution in [0.15, 0.2) is 48.8 Å². The molecule has 1 aromatic carbocycles. The van der Waals surface area contributed by atoms with E-state index in [4.69, 9.17) is 16.2 Å². The summed E-state index contributed by atoms with van der Waals surface area (Å²) >= 11 is 0. The summed E-state index contributed by atoms with van der Waals surface area (Å²) in [5, 5.41) is 9.22. The van der Waals surface area contributed by atoms with Crippen LogP contribution in [0.2, 0.25) is 0 Å². The molecule has 168 valence electrons. The predicted octanol–water partition coefficient (Wildman–Crippen LogP) is 2.33. The number of nitrogens with zero attached hydrogens (tertiary/aromatic N) is 2. The van der Waals surface area contributed by atoms with E-state index in [2.05, 4.69) is 4.98 Å². The molecule has 0 amide bonds. The van der Waals surface area contributed by atoms with Crippen molar-refractivity contribution in [1.29, 1.82) is 0 Å². The smallest absolute Gasteiger partial charge is 0.335 e. The molecule has 0 saturated carbocycles. The molecule has 2 unspecified atom stereocenters. The van der Waals surface area contributed by atoms with Gasteiger partial charge in [0.25, 0.3) is 0 Å². The number of imidazole rings is 1. The summed E-state index contributed by atoms with van der Waals surface area (Å²) in [4.78, 5) is 40.7. The van der Waals surface area contributed by atoms with Crippen LogP contribution in [-0.2, 0) is 14.3 Å². The number of aromatic nitrogens is 2. The van der Waals surface area contributed by atoms with Crippen molar-refractivity contribution in [2.75, 3.05) is 0 Å². The summed E-state index contributed by atoms with van der Waals surface area (Å²) < 4.78 is 6.93. The summed E-state index contributed by atoms with van der Waals surface area (Å²) in [5.41, 5.74) is 13.6. The van der Waals surface area contributed by atoms with Gasteiger partial charge < -0.3 is 25.7 Å². The van der Waals surface area contributed by atoms with Gasteiger partial charge in [0, 0.05) is 29.9 Å². The standard InChI is InChI=1S/C23H26N4O5/c1-23(2,3)32-22(31)16(24)11-18(28)19(25)15-8-5-9-27-12-17(26-20(15)27)13-6-4-7-14(10-13)21(29)30/h4-10,12,16,19H,11,24-25H2,1-3H3,(H,29,30). The fraction of sp³-hybridized carbons (Fsp3) is 0.304. The number of carbonyl (C=O) groups is 3. The molecule has 32 heavy (non-hydrogen) atoms. The third kappa shape index (κ3) is 5.19. The monoisotopic (exact) mass is 438 g/mol. The van der Waals surface area contributed by atoms with Gasteiger partial charge in [-0.25, -0.2) is 9.78 Å². The summed E-state index contributed by atoms with van der Waals surface area (Å²) in [6.45, 7) is 5.15. The molecular formula is C23H26N4O5. The van der Waals surface area contributed by atoms with E-state index in [1.165, 1.54) is 12.1 Å². The Kier molecular flexibility index (Phi) is 6.42. The van der Waals surface area contributed by atoms with Crippen LogP contribution in [0.3, 0.4) is 0 Å². The second-order valence-corrected chi connectivity index (χ2v) is 8.49. The van der Waals surface area contributed by atoms with Crippen LogP contribution in [0.4, 0.5) is 0 Å². The average Bonchev–Trinajstić information content (AvgIpc) is 3.16. The van der Waals surface area contributed by atoms with Crippen LogP contribution in [0, 0.1) is 0 Å².